The van der Waals surface area contributed by atoms with Gasteiger partial charge in [-0.3, -0.25) is 9.59 Å². The summed E-state index contributed by atoms with van der Waals surface area (Å²) >= 11 is 0. The number of carbonyl (C=O) groups is 4. The maximum Gasteiger partial charge on any atom is 0.508 e. The lowest BCUT2D eigenvalue weighted by Crippen LogP contribution is -2.46. The molecule has 0 aliphatic rings. The van der Waals surface area contributed by atoms with Crippen LogP contribution >= 0.6 is 0 Å². The van der Waals surface area contributed by atoms with Gasteiger partial charge in [0.25, 0.3) is 0 Å². The summed E-state index contributed by atoms with van der Waals surface area (Å²) in [5.74, 6) is -1.54. The second kappa shape index (κ2) is 15.7. The van der Waals surface area contributed by atoms with E-state index in [4.69, 9.17) is 29.4 Å². The molecular weight excluding hydrogens is 530 g/mol. The minimum Gasteiger partial charge on any atom is -0.457 e. The van der Waals surface area contributed by atoms with Crippen LogP contribution in [0.15, 0.2) is 18.2 Å². The molecule has 10 heteroatoms. The van der Waals surface area contributed by atoms with Gasteiger partial charge in [-0.15, -0.1) is 0 Å². The molecule has 1 aromatic rings. The molecule has 5 atom stereocenters. The quantitative estimate of drug-likeness (QED) is 0.204. The van der Waals surface area contributed by atoms with Crippen LogP contribution in [0.3, 0.4) is 0 Å². The van der Waals surface area contributed by atoms with E-state index in [1.54, 1.807) is 13.8 Å². The molecule has 0 radical (unpaired) electrons. The molecular formula is C31H49NO9. The SMILES string of the molecule is CCC(C)CC(=O)Oc1ccc([C@](C)(N)C(=O)O[C@@H](C)[C@H](C)OC(=O)OCC(C)(C)C)cc1OC(=O)CC(C)CC. The number of carbonyl (C=O) groups excluding carboxylic acids is 4. The Labute approximate surface area is 244 Å². The molecule has 0 bridgehead atoms. The van der Waals surface area contributed by atoms with Crippen molar-refractivity contribution in [3.8, 4) is 11.5 Å². The van der Waals surface area contributed by atoms with E-state index in [1.165, 1.54) is 25.1 Å². The summed E-state index contributed by atoms with van der Waals surface area (Å²) in [6.07, 6.45) is -0.579. The number of benzene rings is 1. The number of nitrogens with two attached hydrogens (primary N) is 1. The second-order valence-corrected chi connectivity index (χ2v) is 12.3. The Morgan fingerprint density at radius 3 is 1.76 bits per heavy atom. The fourth-order valence-corrected chi connectivity index (χ4v) is 3.24. The molecule has 41 heavy (non-hydrogen) atoms. The lowest BCUT2D eigenvalue weighted by molar-refractivity contribution is -0.160. The Balaban J connectivity index is 3.11. The number of hydrogen-bond acceptors (Lipinski definition) is 10. The van der Waals surface area contributed by atoms with E-state index in [1.807, 2.05) is 48.5 Å². The first-order valence-electron chi connectivity index (χ1n) is 14.3. The van der Waals surface area contributed by atoms with Crippen molar-refractivity contribution in [1.82, 2.24) is 0 Å². The van der Waals surface area contributed by atoms with Crippen LogP contribution < -0.4 is 15.2 Å². The second-order valence-electron chi connectivity index (χ2n) is 12.3. The Bertz CT molecular complexity index is 1040. The Morgan fingerprint density at radius 2 is 1.27 bits per heavy atom. The predicted molar refractivity (Wildman–Crippen MR) is 154 cm³/mol. The van der Waals surface area contributed by atoms with Crippen molar-refractivity contribution in [2.75, 3.05) is 6.61 Å². The normalized spacial score (nSPS) is 15.9. The van der Waals surface area contributed by atoms with E-state index in [0.717, 1.165) is 12.8 Å². The number of esters is 3. The van der Waals surface area contributed by atoms with E-state index in [-0.39, 0.29) is 53.8 Å². The fourth-order valence-electron chi connectivity index (χ4n) is 3.24. The van der Waals surface area contributed by atoms with E-state index in [2.05, 4.69) is 0 Å². The van der Waals surface area contributed by atoms with Crippen molar-refractivity contribution in [3.63, 3.8) is 0 Å². The fraction of sp³-hybridized carbons (Fsp3) is 0.677. The molecule has 1 rings (SSSR count). The zero-order valence-corrected chi connectivity index (χ0v) is 26.3. The molecule has 232 valence electrons. The monoisotopic (exact) mass is 579 g/mol. The van der Waals surface area contributed by atoms with Gasteiger partial charge in [0, 0.05) is 12.8 Å². The molecule has 0 amide bonds. The standard InChI is InChI=1S/C31H49NO9/c1-11-19(3)15-26(33)40-24-14-13-23(17-25(24)41-27(34)16-20(4)12-2)31(10,32)28(35)38-21(5)22(6)39-29(36)37-18-30(7,8)9/h13-14,17,19-22H,11-12,15-16,18,32H2,1-10H3/t19?,20?,21-,22-,31-/m0/s1. The van der Waals surface area contributed by atoms with Crippen LogP contribution in [0.25, 0.3) is 0 Å². The van der Waals surface area contributed by atoms with E-state index in [0.29, 0.717) is 0 Å². The van der Waals surface area contributed by atoms with Gasteiger partial charge in [0.2, 0.25) is 0 Å². The van der Waals surface area contributed by atoms with Crippen molar-refractivity contribution >= 4 is 24.1 Å². The first-order chi connectivity index (χ1) is 18.9. The van der Waals surface area contributed by atoms with Crippen molar-refractivity contribution < 1.29 is 42.9 Å². The third kappa shape index (κ3) is 12.5. The van der Waals surface area contributed by atoms with Crippen LogP contribution in [-0.2, 0) is 34.1 Å². The van der Waals surface area contributed by atoms with Crippen LogP contribution in [0.5, 0.6) is 11.5 Å². The first-order valence-corrected chi connectivity index (χ1v) is 14.3. The van der Waals surface area contributed by atoms with Crippen LogP contribution in [0.2, 0.25) is 0 Å². The zero-order chi connectivity index (χ0) is 31.5. The minimum absolute atomic E-state index is 0.0240. The van der Waals surface area contributed by atoms with E-state index >= 15 is 0 Å². The predicted octanol–water partition coefficient (Wildman–Crippen LogP) is 6.06. The Kier molecular flexibility index (Phi) is 13.8. The van der Waals surface area contributed by atoms with Gasteiger partial charge in [0.1, 0.15) is 17.7 Å². The van der Waals surface area contributed by atoms with Crippen LogP contribution in [0, 0.1) is 17.3 Å². The van der Waals surface area contributed by atoms with Crippen molar-refractivity contribution in [3.05, 3.63) is 23.8 Å². The first kappa shape index (κ1) is 35.9. The highest BCUT2D eigenvalue weighted by molar-refractivity contribution is 5.83. The summed E-state index contributed by atoms with van der Waals surface area (Å²) in [6, 6.07) is 4.35. The third-order valence-corrected chi connectivity index (χ3v) is 6.70. The molecule has 0 heterocycles. The highest BCUT2D eigenvalue weighted by Crippen LogP contribution is 2.34. The maximum absolute atomic E-state index is 13.1. The average molecular weight is 580 g/mol. The summed E-state index contributed by atoms with van der Waals surface area (Å²) in [7, 11) is 0. The molecule has 0 aliphatic heterocycles. The van der Waals surface area contributed by atoms with Crippen molar-refractivity contribution in [1.29, 1.82) is 0 Å². The lowest BCUT2D eigenvalue weighted by Gasteiger charge is -2.28. The zero-order valence-electron chi connectivity index (χ0n) is 26.3. The summed E-state index contributed by atoms with van der Waals surface area (Å²) in [4.78, 5) is 50.3. The summed E-state index contributed by atoms with van der Waals surface area (Å²) in [5, 5.41) is 0. The van der Waals surface area contributed by atoms with Gasteiger partial charge in [0.05, 0.1) is 6.61 Å². The van der Waals surface area contributed by atoms with E-state index in [9.17, 15) is 19.2 Å². The van der Waals surface area contributed by atoms with Gasteiger partial charge >= 0.3 is 24.1 Å². The Morgan fingerprint density at radius 1 is 0.780 bits per heavy atom. The Hall–Kier alpha value is -3.14. The topological polar surface area (TPSA) is 140 Å². The molecule has 2 N–H and O–H groups in total. The highest BCUT2D eigenvalue weighted by atomic mass is 16.7. The summed E-state index contributed by atoms with van der Waals surface area (Å²) < 4.78 is 27.0. The van der Waals surface area contributed by atoms with Crippen LogP contribution in [-0.4, -0.2) is 42.9 Å². The molecule has 2 unspecified atom stereocenters. The van der Waals surface area contributed by atoms with Gasteiger partial charge in [0.15, 0.2) is 11.5 Å². The maximum atomic E-state index is 13.1. The molecule has 0 spiro atoms. The number of ether oxygens (including phenoxy) is 5. The number of hydrogen-bond donors (Lipinski definition) is 1. The summed E-state index contributed by atoms with van der Waals surface area (Å²) in [5.41, 5.74) is 4.76. The molecule has 0 aromatic heterocycles. The average Bonchev–Trinajstić information content (AvgIpc) is 2.87. The van der Waals surface area contributed by atoms with Crippen molar-refractivity contribution in [2.24, 2.45) is 23.0 Å². The number of rotatable bonds is 14. The van der Waals surface area contributed by atoms with Gasteiger partial charge < -0.3 is 29.4 Å². The smallest absolute Gasteiger partial charge is 0.457 e. The van der Waals surface area contributed by atoms with Crippen LogP contribution in [0.1, 0.15) is 100 Å². The molecule has 0 saturated carbocycles. The van der Waals surface area contributed by atoms with Crippen molar-refractivity contribution in [2.45, 2.75) is 113 Å². The highest BCUT2D eigenvalue weighted by Gasteiger charge is 2.36. The van der Waals surface area contributed by atoms with Gasteiger partial charge in [-0.1, -0.05) is 67.4 Å². The van der Waals surface area contributed by atoms with Crippen LogP contribution in [0.4, 0.5) is 4.79 Å². The van der Waals surface area contributed by atoms with Gasteiger partial charge in [-0.05, 0) is 55.7 Å². The lowest BCUT2D eigenvalue weighted by atomic mass is 9.93. The molecule has 10 nitrogen and oxygen atoms in total. The molecule has 0 fully saturated rings. The minimum atomic E-state index is -1.68. The van der Waals surface area contributed by atoms with Gasteiger partial charge in [-0.2, -0.15) is 0 Å². The summed E-state index contributed by atoms with van der Waals surface area (Å²) in [6.45, 7) is 18.3. The van der Waals surface area contributed by atoms with Gasteiger partial charge in [-0.25, -0.2) is 9.59 Å². The van der Waals surface area contributed by atoms with E-state index < -0.39 is 41.8 Å². The molecule has 0 saturated heterocycles. The third-order valence-electron chi connectivity index (χ3n) is 6.70. The molecule has 1 aromatic carbocycles. The molecule has 0 aliphatic carbocycles. The largest absolute Gasteiger partial charge is 0.508 e.